The van der Waals surface area contributed by atoms with Crippen LogP contribution in [0.4, 0.5) is 18.9 Å². The molecule has 0 aliphatic rings. The molecule has 0 aliphatic heterocycles. The highest BCUT2D eigenvalue weighted by Crippen LogP contribution is 2.24. The van der Waals surface area contributed by atoms with Gasteiger partial charge in [-0.05, 0) is 36.8 Å². The molecule has 0 bridgehead atoms. The molecule has 2 aromatic rings. The van der Waals surface area contributed by atoms with E-state index < -0.39 is 51.3 Å². The lowest BCUT2D eigenvalue weighted by molar-refractivity contribution is -0.116. The second-order valence-electron chi connectivity index (χ2n) is 6.42. The summed E-state index contributed by atoms with van der Waals surface area (Å²) in [7, 11) is -3.69. The molecule has 2 amide bonds. The highest BCUT2D eigenvalue weighted by Gasteiger charge is 2.22. The van der Waals surface area contributed by atoms with Crippen molar-refractivity contribution in [2.24, 2.45) is 0 Å². The Hall–Kier alpha value is -2.59. The average molecular weight is 463 g/mol. The van der Waals surface area contributed by atoms with Gasteiger partial charge >= 0.3 is 0 Å². The number of rotatable bonds is 7. The zero-order valence-electron chi connectivity index (χ0n) is 16.0. The second-order valence-corrected chi connectivity index (χ2v) is 8.81. The normalized spacial score (nSPS) is 11.3. The Morgan fingerprint density at radius 3 is 2.37 bits per heavy atom. The average Bonchev–Trinajstić information content (AvgIpc) is 2.67. The summed E-state index contributed by atoms with van der Waals surface area (Å²) in [6, 6.07) is 5.19. The molecule has 1 N–H and O–H groups in total. The van der Waals surface area contributed by atoms with Crippen molar-refractivity contribution in [1.82, 2.24) is 4.90 Å². The van der Waals surface area contributed by atoms with Gasteiger partial charge in [-0.15, -0.1) is 0 Å². The predicted molar refractivity (Wildman–Crippen MR) is 106 cm³/mol. The van der Waals surface area contributed by atoms with Crippen molar-refractivity contribution in [3.8, 4) is 0 Å². The highest BCUT2D eigenvalue weighted by molar-refractivity contribution is 7.90. The lowest BCUT2D eigenvalue weighted by Gasteiger charge is -2.22. The van der Waals surface area contributed by atoms with Gasteiger partial charge in [-0.25, -0.2) is 21.6 Å². The molecule has 0 atom stereocenters. The van der Waals surface area contributed by atoms with E-state index in [-0.39, 0.29) is 22.0 Å². The van der Waals surface area contributed by atoms with Crippen molar-refractivity contribution < 1.29 is 31.2 Å². The molecule has 0 saturated heterocycles. The van der Waals surface area contributed by atoms with Crippen molar-refractivity contribution in [2.45, 2.75) is 18.2 Å². The number of sulfone groups is 1. The molecule has 0 aromatic heterocycles. The number of carbonyl (C=O) groups excluding carboxylic acids is 2. The highest BCUT2D eigenvalue weighted by atomic mass is 35.5. The predicted octanol–water partition coefficient (Wildman–Crippen LogP) is 3.65. The van der Waals surface area contributed by atoms with Gasteiger partial charge in [0.05, 0.1) is 15.6 Å². The number of amides is 2. The van der Waals surface area contributed by atoms with Crippen LogP contribution in [0.15, 0.2) is 35.2 Å². The molecule has 2 rings (SSSR count). The Labute approximate surface area is 176 Å². The number of hydrogen-bond donors (Lipinski definition) is 1. The van der Waals surface area contributed by atoms with Gasteiger partial charge in [-0.3, -0.25) is 9.59 Å². The van der Waals surface area contributed by atoms with Crippen LogP contribution >= 0.6 is 11.6 Å². The fraction of sp³-hybridized carbons (Fsp3) is 0.263. The summed E-state index contributed by atoms with van der Waals surface area (Å²) < 4.78 is 63.7. The van der Waals surface area contributed by atoms with Gasteiger partial charge in [0, 0.05) is 18.4 Å². The van der Waals surface area contributed by atoms with Gasteiger partial charge in [-0.1, -0.05) is 18.5 Å². The quantitative estimate of drug-likeness (QED) is 0.637. The molecule has 2 aromatic carbocycles. The van der Waals surface area contributed by atoms with Crippen molar-refractivity contribution >= 4 is 38.9 Å². The Bertz CT molecular complexity index is 1090. The topological polar surface area (TPSA) is 83.6 Å². The van der Waals surface area contributed by atoms with E-state index in [2.05, 4.69) is 5.32 Å². The summed E-state index contributed by atoms with van der Waals surface area (Å²) in [5, 5.41) is 2.03. The summed E-state index contributed by atoms with van der Waals surface area (Å²) in [6.45, 7) is 1.35. The van der Waals surface area contributed by atoms with E-state index in [4.69, 9.17) is 11.6 Å². The van der Waals surface area contributed by atoms with Crippen molar-refractivity contribution in [2.75, 3.05) is 24.7 Å². The van der Waals surface area contributed by atoms with Crippen LogP contribution in [0.5, 0.6) is 0 Å². The van der Waals surface area contributed by atoms with Crippen LogP contribution in [0.2, 0.25) is 5.02 Å². The van der Waals surface area contributed by atoms with Crippen molar-refractivity contribution in [3.05, 3.63) is 58.4 Å². The van der Waals surface area contributed by atoms with E-state index in [0.29, 0.717) is 12.5 Å². The largest absolute Gasteiger partial charge is 0.329 e. The summed E-state index contributed by atoms with van der Waals surface area (Å²) in [5.41, 5.74) is -0.589. The lowest BCUT2D eigenvalue weighted by Crippen LogP contribution is -2.38. The number of hydrogen-bond acceptors (Lipinski definition) is 4. The molecular weight excluding hydrogens is 445 g/mol. The number of carbonyl (C=O) groups is 2. The van der Waals surface area contributed by atoms with Crippen LogP contribution in [0, 0.1) is 17.5 Å². The van der Waals surface area contributed by atoms with Gasteiger partial charge in [0.15, 0.2) is 27.3 Å². The maximum Gasteiger partial charge on any atom is 0.254 e. The molecule has 0 radical (unpaired) electrons. The second kappa shape index (κ2) is 9.48. The van der Waals surface area contributed by atoms with Crippen molar-refractivity contribution in [1.29, 1.82) is 0 Å². The minimum atomic E-state index is -3.69. The van der Waals surface area contributed by atoms with Gasteiger partial charge in [0.2, 0.25) is 5.91 Å². The van der Waals surface area contributed by atoms with Crippen LogP contribution in [0.1, 0.15) is 23.7 Å². The molecule has 6 nitrogen and oxygen atoms in total. The van der Waals surface area contributed by atoms with Crippen molar-refractivity contribution in [3.63, 3.8) is 0 Å². The Balaban J connectivity index is 2.24. The van der Waals surface area contributed by atoms with E-state index in [1.807, 2.05) is 0 Å². The third kappa shape index (κ3) is 5.51. The Kier molecular flexibility index (Phi) is 7.49. The molecule has 0 spiro atoms. The first kappa shape index (κ1) is 23.7. The smallest absolute Gasteiger partial charge is 0.254 e. The fourth-order valence-electron chi connectivity index (χ4n) is 2.61. The van der Waals surface area contributed by atoms with Gasteiger partial charge in [0.25, 0.3) is 5.91 Å². The Morgan fingerprint density at radius 2 is 1.77 bits per heavy atom. The molecule has 0 aliphatic carbocycles. The molecule has 11 heteroatoms. The number of nitrogens with one attached hydrogen (secondary N) is 1. The van der Waals surface area contributed by atoms with E-state index in [1.54, 1.807) is 6.92 Å². The molecule has 0 unspecified atom stereocenters. The first-order chi connectivity index (χ1) is 14.0. The molecule has 0 fully saturated rings. The third-order valence-electron chi connectivity index (χ3n) is 4.00. The van der Waals surface area contributed by atoms with Crippen LogP contribution in [0.25, 0.3) is 0 Å². The van der Waals surface area contributed by atoms with Gasteiger partial charge in [0.1, 0.15) is 6.54 Å². The molecule has 0 saturated carbocycles. The lowest BCUT2D eigenvalue weighted by atomic mass is 10.2. The van der Waals surface area contributed by atoms with E-state index in [0.717, 1.165) is 23.3 Å². The maximum atomic E-state index is 13.7. The summed E-state index contributed by atoms with van der Waals surface area (Å²) in [5.74, 6) is -6.20. The first-order valence-corrected chi connectivity index (χ1v) is 10.9. The first-order valence-electron chi connectivity index (χ1n) is 8.68. The van der Waals surface area contributed by atoms with Gasteiger partial charge in [-0.2, -0.15) is 0 Å². The molecule has 0 heterocycles. The van der Waals surface area contributed by atoms with Crippen LogP contribution in [-0.2, 0) is 14.6 Å². The summed E-state index contributed by atoms with van der Waals surface area (Å²) in [4.78, 5) is 25.9. The van der Waals surface area contributed by atoms with Gasteiger partial charge < -0.3 is 10.2 Å². The molecule has 30 heavy (non-hydrogen) atoms. The standard InChI is InChI=1S/C19H18ClF3N2O4S/c1-3-8-25(10-16(26)24-14-7-6-13(21)17(22)18(14)23)19(27)11-4-5-12(20)15(9-11)30(2,28)29/h4-7,9H,3,8,10H2,1-2H3,(H,24,26). The van der Waals surface area contributed by atoms with Crippen LogP contribution < -0.4 is 5.32 Å². The number of anilines is 1. The summed E-state index contributed by atoms with van der Waals surface area (Å²) in [6.07, 6.45) is 1.40. The third-order valence-corrected chi connectivity index (χ3v) is 5.58. The van der Waals surface area contributed by atoms with Crippen LogP contribution in [-0.4, -0.2) is 44.5 Å². The zero-order valence-corrected chi connectivity index (χ0v) is 17.6. The number of nitrogens with zero attached hydrogens (tertiary/aromatic N) is 1. The summed E-state index contributed by atoms with van der Waals surface area (Å²) >= 11 is 5.88. The Morgan fingerprint density at radius 1 is 1.10 bits per heavy atom. The number of halogens is 4. The fourth-order valence-corrected chi connectivity index (χ4v) is 3.91. The zero-order chi connectivity index (χ0) is 22.6. The van der Waals surface area contributed by atoms with E-state index in [1.165, 1.54) is 12.1 Å². The number of benzene rings is 2. The minimum absolute atomic E-state index is 0.0138. The monoisotopic (exact) mass is 462 g/mol. The van der Waals surface area contributed by atoms with E-state index in [9.17, 15) is 31.2 Å². The minimum Gasteiger partial charge on any atom is -0.329 e. The molecule has 162 valence electrons. The molecular formula is C19H18ClF3N2O4S. The van der Waals surface area contributed by atoms with Crippen LogP contribution in [0.3, 0.4) is 0 Å². The maximum absolute atomic E-state index is 13.7. The SMILES string of the molecule is CCCN(CC(=O)Nc1ccc(F)c(F)c1F)C(=O)c1ccc(Cl)c(S(C)(=O)=O)c1. The van der Waals surface area contributed by atoms with E-state index >= 15 is 0 Å².